The van der Waals surface area contributed by atoms with Crippen LogP contribution in [-0.4, -0.2) is 63.7 Å². The summed E-state index contributed by atoms with van der Waals surface area (Å²) in [5, 5.41) is 0.0691. The number of hydrogen-bond donors (Lipinski definition) is 0. The van der Waals surface area contributed by atoms with Crippen LogP contribution in [-0.2, 0) is 20.8 Å². The van der Waals surface area contributed by atoms with Crippen LogP contribution in [0.15, 0.2) is 17.4 Å². The quantitative estimate of drug-likeness (QED) is 0.328. The van der Waals surface area contributed by atoms with Crippen LogP contribution in [0.5, 0.6) is 0 Å². The molecule has 11 heteroatoms. The first-order valence-electron chi connectivity index (χ1n) is 10.0. The molecular weight excluding hydrogens is 438 g/mol. The zero-order valence-corrected chi connectivity index (χ0v) is 19.8. The molecule has 0 aromatic carbocycles. The Morgan fingerprint density at radius 2 is 2.03 bits per heavy atom. The number of aromatic nitrogens is 4. The SMILES string of the molecule is CCOC(=O)c1nc(-c2nc(Cl)ncc2C)cn1CC(/C=N\C(=O)OC(C)(C)C)COC. The van der Waals surface area contributed by atoms with E-state index in [-0.39, 0.29) is 36.8 Å². The topological polar surface area (TPSA) is 118 Å². The largest absolute Gasteiger partial charge is 0.460 e. The van der Waals surface area contributed by atoms with Crippen molar-refractivity contribution in [3.8, 4) is 11.4 Å². The Bertz CT molecular complexity index is 983. The van der Waals surface area contributed by atoms with Crippen LogP contribution in [0.3, 0.4) is 0 Å². The lowest BCUT2D eigenvalue weighted by atomic mass is 10.2. The lowest BCUT2D eigenvalue weighted by Gasteiger charge is -2.18. The summed E-state index contributed by atoms with van der Waals surface area (Å²) in [4.78, 5) is 40.9. The highest BCUT2D eigenvalue weighted by atomic mass is 35.5. The van der Waals surface area contributed by atoms with Crippen LogP contribution in [0.1, 0.15) is 43.9 Å². The fourth-order valence-corrected chi connectivity index (χ4v) is 2.91. The van der Waals surface area contributed by atoms with Crippen molar-refractivity contribution in [1.29, 1.82) is 0 Å². The average molecular weight is 466 g/mol. The third kappa shape index (κ3) is 7.38. The summed E-state index contributed by atoms with van der Waals surface area (Å²) in [6.45, 7) is 9.49. The number of imidazole rings is 1. The Morgan fingerprint density at radius 1 is 1.31 bits per heavy atom. The molecule has 0 N–H and O–H groups in total. The second-order valence-corrected chi connectivity index (χ2v) is 8.31. The Labute approximate surface area is 192 Å². The number of halogens is 1. The molecule has 10 nitrogen and oxygen atoms in total. The second kappa shape index (κ2) is 11.1. The fraction of sp³-hybridized carbons (Fsp3) is 0.524. The molecule has 2 aromatic heterocycles. The summed E-state index contributed by atoms with van der Waals surface area (Å²) < 4.78 is 17.2. The Morgan fingerprint density at radius 3 is 2.66 bits per heavy atom. The molecule has 2 rings (SSSR count). The van der Waals surface area contributed by atoms with E-state index in [0.29, 0.717) is 11.4 Å². The molecule has 174 valence electrons. The van der Waals surface area contributed by atoms with Gasteiger partial charge in [0.15, 0.2) is 0 Å². The van der Waals surface area contributed by atoms with Gasteiger partial charge in [-0.2, -0.15) is 4.99 Å². The van der Waals surface area contributed by atoms with Gasteiger partial charge in [0.05, 0.1) is 18.9 Å². The number of carbonyl (C=O) groups is 2. The summed E-state index contributed by atoms with van der Waals surface area (Å²) in [6.07, 6.45) is 3.98. The van der Waals surface area contributed by atoms with Crippen molar-refractivity contribution in [2.75, 3.05) is 20.3 Å². The van der Waals surface area contributed by atoms with Gasteiger partial charge in [-0.1, -0.05) is 0 Å². The molecule has 0 aliphatic rings. The van der Waals surface area contributed by atoms with E-state index in [4.69, 9.17) is 25.8 Å². The van der Waals surface area contributed by atoms with Crippen molar-refractivity contribution in [2.45, 2.75) is 46.8 Å². The van der Waals surface area contributed by atoms with E-state index < -0.39 is 17.7 Å². The van der Waals surface area contributed by atoms with Gasteiger partial charge in [-0.05, 0) is 51.8 Å². The van der Waals surface area contributed by atoms with Crippen LogP contribution in [0, 0.1) is 12.8 Å². The smallest absolute Gasteiger partial charge is 0.433 e. The maximum absolute atomic E-state index is 12.5. The van der Waals surface area contributed by atoms with Gasteiger partial charge >= 0.3 is 12.1 Å². The molecule has 1 amide bonds. The predicted octanol–water partition coefficient (Wildman–Crippen LogP) is 3.75. The maximum atomic E-state index is 12.5. The van der Waals surface area contributed by atoms with E-state index in [9.17, 15) is 9.59 Å². The molecule has 0 fully saturated rings. The predicted molar refractivity (Wildman–Crippen MR) is 119 cm³/mol. The summed E-state index contributed by atoms with van der Waals surface area (Å²) in [5.74, 6) is -0.850. The van der Waals surface area contributed by atoms with E-state index >= 15 is 0 Å². The molecule has 0 radical (unpaired) electrons. The van der Waals surface area contributed by atoms with Crippen molar-refractivity contribution >= 4 is 29.9 Å². The minimum atomic E-state index is -0.707. The molecular formula is C21H28ClN5O5. The number of carbonyl (C=O) groups excluding carboxylic acids is 2. The minimum absolute atomic E-state index is 0.0691. The Balaban J connectivity index is 2.37. The molecule has 0 saturated carbocycles. The van der Waals surface area contributed by atoms with E-state index in [1.165, 1.54) is 13.3 Å². The van der Waals surface area contributed by atoms with Gasteiger partial charge in [-0.15, -0.1) is 0 Å². The van der Waals surface area contributed by atoms with Gasteiger partial charge in [-0.3, -0.25) is 0 Å². The number of hydrogen-bond acceptors (Lipinski definition) is 8. The summed E-state index contributed by atoms with van der Waals surface area (Å²) >= 11 is 5.94. The summed E-state index contributed by atoms with van der Waals surface area (Å²) in [7, 11) is 1.53. The lowest BCUT2D eigenvalue weighted by Crippen LogP contribution is -2.24. The number of methoxy groups -OCH3 is 1. The second-order valence-electron chi connectivity index (χ2n) is 7.97. The molecule has 0 spiro atoms. The number of aryl methyl sites for hydroxylation is 1. The van der Waals surface area contributed by atoms with Crippen molar-refractivity contribution in [1.82, 2.24) is 19.5 Å². The molecule has 32 heavy (non-hydrogen) atoms. The first kappa shape index (κ1) is 25.4. The van der Waals surface area contributed by atoms with Crippen LogP contribution in [0.4, 0.5) is 4.79 Å². The fourth-order valence-electron chi connectivity index (χ4n) is 2.77. The zero-order valence-electron chi connectivity index (χ0n) is 19.1. The minimum Gasteiger partial charge on any atom is -0.460 e. The first-order chi connectivity index (χ1) is 15.0. The summed E-state index contributed by atoms with van der Waals surface area (Å²) in [6, 6.07) is 0. The maximum Gasteiger partial charge on any atom is 0.433 e. The van der Waals surface area contributed by atoms with Gasteiger partial charge in [0, 0.05) is 38.2 Å². The Hall–Kier alpha value is -2.85. The van der Waals surface area contributed by atoms with Crippen molar-refractivity contribution in [3.05, 3.63) is 29.1 Å². The number of rotatable bonds is 8. The van der Waals surface area contributed by atoms with Crippen molar-refractivity contribution < 1.29 is 23.8 Å². The lowest BCUT2D eigenvalue weighted by molar-refractivity contribution is 0.0502. The van der Waals surface area contributed by atoms with Crippen LogP contribution in [0.2, 0.25) is 5.28 Å². The molecule has 1 atom stereocenters. The monoisotopic (exact) mass is 465 g/mol. The third-order valence-electron chi connectivity index (χ3n) is 4.02. The molecule has 1 unspecified atom stereocenters. The molecule has 2 aromatic rings. The molecule has 0 saturated heterocycles. The highest BCUT2D eigenvalue weighted by Gasteiger charge is 2.22. The molecule has 0 aliphatic heterocycles. The van der Waals surface area contributed by atoms with Gasteiger partial charge in [-0.25, -0.2) is 24.5 Å². The van der Waals surface area contributed by atoms with Crippen molar-refractivity contribution in [3.63, 3.8) is 0 Å². The number of aliphatic imine (C=N–C) groups is 1. The molecule has 2 heterocycles. The highest BCUT2D eigenvalue weighted by molar-refractivity contribution is 6.28. The third-order valence-corrected chi connectivity index (χ3v) is 4.20. The summed E-state index contributed by atoms with van der Waals surface area (Å²) in [5.41, 5.74) is 1.03. The van der Waals surface area contributed by atoms with Gasteiger partial charge < -0.3 is 18.8 Å². The van der Waals surface area contributed by atoms with Crippen LogP contribution < -0.4 is 0 Å². The average Bonchev–Trinajstić information content (AvgIpc) is 3.11. The van der Waals surface area contributed by atoms with Gasteiger partial charge in [0.2, 0.25) is 11.1 Å². The molecule has 0 aliphatic carbocycles. The van der Waals surface area contributed by atoms with Gasteiger partial charge in [0.1, 0.15) is 11.3 Å². The van der Waals surface area contributed by atoms with E-state index in [2.05, 4.69) is 19.9 Å². The number of nitrogens with zero attached hydrogens (tertiary/aromatic N) is 5. The standard InChI is InChI=1S/C21H28ClN5O5/c1-7-31-18(28)17-25-15(16-13(2)8-23-19(22)26-16)11-27(17)10-14(12-30-6)9-24-20(29)32-21(3,4)5/h8-9,11,14H,7,10,12H2,1-6H3/b24-9-. The zero-order chi connectivity index (χ0) is 23.9. The van der Waals surface area contributed by atoms with E-state index in [1.54, 1.807) is 44.7 Å². The van der Waals surface area contributed by atoms with Crippen LogP contribution >= 0.6 is 11.6 Å². The van der Waals surface area contributed by atoms with Crippen molar-refractivity contribution in [2.24, 2.45) is 10.9 Å². The van der Waals surface area contributed by atoms with Crippen LogP contribution in [0.25, 0.3) is 11.4 Å². The molecule has 0 bridgehead atoms. The Kier molecular flexibility index (Phi) is 8.85. The van der Waals surface area contributed by atoms with E-state index in [0.717, 1.165) is 5.56 Å². The van der Waals surface area contributed by atoms with Gasteiger partial charge in [0.25, 0.3) is 0 Å². The normalized spacial score (nSPS) is 12.7. The van der Waals surface area contributed by atoms with E-state index in [1.807, 2.05) is 6.92 Å². The highest BCUT2D eigenvalue weighted by Crippen LogP contribution is 2.22. The first-order valence-corrected chi connectivity index (χ1v) is 10.4. The number of ether oxygens (including phenoxy) is 3. The number of amides is 1. The number of esters is 1.